The van der Waals surface area contributed by atoms with Gasteiger partial charge in [-0.3, -0.25) is 0 Å². The summed E-state index contributed by atoms with van der Waals surface area (Å²) in [6.45, 7) is 2.12. The van der Waals surface area contributed by atoms with Crippen LogP contribution in [0.4, 0.5) is 0 Å². The summed E-state index contributed by atoms with van der Waals surface area (Å²) in [5.41, 5.74) is 0. The van der Waals surface area contributed by atoms with Gasteiger partial charge in [0.2, 0.25) is 0 Å². The highest BCUT2D eigenvalue weighted by molar-refractivity contribution is 14.1. The van der Waals surface area contributed by atoms with Gasteiger partial charge in [0, 0.05) is 16.7 Å². The van der Waals surface area contributed by atoms with Crippen molar-refractivity contribution in [1.29, 1.82) is 0 Å². The Bertz CT molecular complexity index is 261. The summed E-state index contributed by atoms with van der Waals surface area (Å²) in [5.74, 6) is 0.940. The van der Waals surface area contributed by atoms with Crippen LogP contribution in [0.5, 0.6) is 5.75 Å². The Balaban J connectivity index is 0.000000845. The zero-order chi connectivity index (χ0) is 8.39. The molecule has 1 aromatic rings. The predicted molar refractivity (Wildman–Crippen MR) is 63.2 cm³/mol. The first kappa shape index (κ1) is 11.1. The van der Waals surface area contributed by atoms with Crippen LogP contribution in [0, 0.1) is 3.57 Å². The first-order chi connectivity index (χ1) is 5.84. The third-order valence-electron chi connectivity index (χ3n) is 1.86. The average Bonchev–Trinajstić information content (AvgIpc) is 2.00. The zero-order valence-electron chi connectivity index (χ0n) is 7.07. The molecule has 2 rings (SSSR count). The van der Waals surface area contributed by atoms with Crippen LogP contribution in [0.1, 0.15) is 6.42 Å². The fourth-order valence-corrected chi connectivity index (χ4v) is 1.38. The molecule has 1 aliphatic rings. The summed E-state index contributed by atoms with van der Waals surface area (Å²) in [7, 11) is 0. The van der Waals surface area contributed by atoms with E-state index in [4.69, 9.17) is 4.84 Å². The topological polar surface area (TPSA) is 12.5 Å². The first-order valence-corrected chi connectivity index (χ1v) is 5.11. The maximum atomic E-state index is 5.54. The van der Waals surface area contributed by atoms with Gasteiger partial charge < -0.3 is 4.84 Å². The van der Waals surface area contributed by atoms with E-state index in [0.29, 0.717) is 0 Å². The van der Waals surface area contributed by atoms with Crippen LogP contribution in [0.3, 0.4) is 0 Å². The molecule has 4 heteroatoms. The van der Waals surface area contributed by atoms with E-state index in [2.05, 4.69) is 34.7 Å². The van der Waals surface area contributed by atoms with Crippen LogP contribution in [-0.4, -0.2) is 18.2 Å². The molecule has 0 spiro atoms. The molecule has 1 aliphatic heterocycles. The maximum Gasteiger partial charge on any atom is 0.147 e. The molecular formula is C9H11ClINO. The van der Waals surface area contributed by atoms with Crippen molar-refractivity contribution in [3.05, 3.63) is 27.8 Å². The molecule has 0 amide bonds. The Labute approximate surface area is 97.8 Å². The van der Waals surface area contributed by atoms with Gasteiger partial charge in [-0.25, -0.2) is 0 Å². The van der Waals surface area contributed by atoms with Crippen molar-refractivity contribution in [1.82, 2.24) is 5.06 Å². The molecule has 0 N–H and O–H groups in total. The molecule has 0 atom stereocenters. The molecule has 0 unspecified atom stereocenters. The second-order valence-electron chi connectivity index (χ2n) is 2.83. The lowest BCUT2D eigenvalue weighted by Crippen LogP contribution is -2.39. The number of hydrogen-bond donors (Lipinski definition) is 0. The standard InChI is InChI=1S/C9H10INO.ClH/c10-8-2-4-9(5-3-8)12-11-6-1-7-11;/h2-5H,1,6-7H2;1H. The molecule has 0 saturated carbocycles. The second kappa shape index (κ2) is 5.02. The van der Waals surface area contributed by atoms with Crippen molar-refractivity contribution in [2.75, 3.05) is 13.1 Å². The molecule has 72 valence electrons. The third-order valence-corrected chi connectivity index (χ3v) is 2.58. The number of hydrogen-bond acceptors (Lipinski definition) is 2. The van der Waals surface area contributed by atoms with E-state index >= 15 is 0 Å². The summed E-state index contributed by atoms with van der Waals surface area (Å²) in [4.78, 5) is 5.54. The van der Waals surface area contributed by atoms with E-state index in [0.717, 1.165) is 18.8 Å². The Kier molecular flexibility index (Phi) is 4.28. The first-order valence-electron chi connectivity index (χ1n) is 4.03. The average molecular weight is 312 g/mol. The van der Waals surface area contributed by atoms with Gasteiger partial charge in [-0.2, -0.15) is 0 Å². The van der Waals surface area contributed by atoms with E-state index < -0.39 is 0 Å². The lowest BCUT2D eigenvalue weighted by atomic mass is 10.3. The van der Waals surface area contributed by atoms with Gasteiger partial charge in [-0.15, -0.1) is 17.5 Å². The molecule has 13 heavy (non-hydrogen) atoms. The number of benzene rings is 1. The number of halogens is 2. The number of hydroxylamine groups is 2. The molecule has 1 aromatic carbocycles. The quantitative estimate of drug-likeness (QED) is 0.779. The fourth-order valence-electron chi connectivity index (χ4n) is 1.02. The Morgan fingerprint density at radius 1 is 1.15 bits per heavy atom. The Hall–Kier alpha value is 0. The highest BCUT2D eigenvalue weighted by atomic mass is 127. The molecule has 0 aromatic heterocycles. The molecular weight excluding hydrogens is 300 g/mol. The summed E-state index contributed by atoms with van der Waals surface area (Å²) < 4.78 is 1.24. The lowest BCUT2D eigenvalue weighted by molar-refractivity contribution is -0.107. The highest BCUT2D eigenvalue weighted by Gasteiger charge is 2.14. The van der Waals surface area contributed by atoms with Crippen molar-refractivity contribution in [2.24, 2.45) is 0 Å². The number of rotatable bonds is 2. The van der Waals surface area contributed by atoms with Crippen LogP contribution in [0.15, 0.2) is 24.3 Å². The molecule has 2 nitrogen and oxygen atoms in total. The Morgan fingerprint density at radius 2 is 1.77 bits per heavy atom. The summed E-state index contributed by atoms with van der Waals surface area (Å²) in [6.07, 6.45) is 1.25. The molecule has 1 saturated heterocycles. The van der Waals surface area contributed by atoms with Crippen molar-refractivity contribution in [2.45, 2.75) is 6.42 Å². The van der Waals surface area contributed by atoms with Crippen LogP contribution in [-0.2, 0) is 0 Å². The van der Waals surface area contributed by atoms with Gasteiger partial charge in [-0.05, 0) is 53.3 Å². The normalized spacial score (nSPS) is 15.8. The van der Waals surface area contributed by atoms with E-state index in [-0.39, 0.29) is 12.4 Å². The van der Waals surface area contributed by atoms with Crippen molar-refractivity contribution in [3.8, 4) is 5.75 Å². The highest BCUT2D eigenvalue weighted by Crippen LogP contribution is 2.17. The van der Waals surface area contributed by atoms with Gasteiger partial charge in [0.15, 0.2) is 0 Å². The lowest BCUT2D eigenvalue weighted by Gasteiger charge is -2.29. The third kappa shape index (κ3) is 3.00. The summed E-state index contributed by atoms with van der Waals surface area (Å²) in [6, 6.07) is 8.10. The second-order valence-corrected chi connectivity index (χ2v) is 4.07. The predicted octanol–water partition coefficient (Wildman–Crippen LogP) is 2.71. The van der Waals surface area contributed by atoms with Crippen LogP contribution >= 0.6 is 35.0 Å². The molecule has 1 fully saturated rings. The van der Waals surface area contributed by atoms with Crippen LogP contribution in [0.25, 0.3) is 0 Å². The van der Waals surface area contributed by atoms with E-state index in [1.807, 2.05) is 17.2 Å². The van der Waals surface area contributed by atoms with E-state index in [1.54, 1.807) is 0 Å². The zero-order valence-corrected chi connectivity index (χ0v) is 10.0. The molecule has 0 bridgehead atoms. The van der Waals surface area contributed by atoms with Gasteiger partial charge in [0.25, 0.3) is 0 Å². The smallest absolute Gasteiger partial charge is 0.147 e. The van der Waals surface area contributed by atoms with Crippen molar-refractivity contribution in [3.63, 3.8) is 0 Å². The monoisotopic (exact) mass is 311 g/mol. The van der Waals surface area contributed by atoms with Crippen LogP contribution in [0.2, 0.25) is 0 Å². The van der Waals surface area contributed by atoms with Crippen molar-refractivity contribution >= 4 is 35.0 Å². The van der Waals surface area contributed by atoms with Gasteiger partial charge in [0.1, 0.15) is 5.75 Å². The van der Waals surface area contributed by atoms with Gasteiger partial charge >= 0.3 is 0 Å². The maximum absolute atomic E-state index is 5.54. The van der Waals surface area contributed by atoms with Gasteiger partial charge in [0.05, 0.1) is 0 Å². The molecule has 1 heterocycles. The van der Waals surface area contributed by atoms with Gasteiger partial charge in [-0.1, -0.05) is 0 Å². The largest absolute Gasteiger partial charge is 0.406 e. The fraction of sp³-hybridized carbons (Fsp3) is 0.333. The minimum absolute atomic E-state index is 0. The number of nitrogens with zero attached hydrogens (tertiary/aromatic N) is 1. The summed E-state index contributed by atoms with van der Waals surface area (Å²) in [5, 5.41) is 1.97. The SMILES string of the molecule is Cl.Ic1ccc(ON2CCC2)cc1. The minimum atomic E-state index is 0. The summed E-state index contributed by atoms with van der Waals surface area (Å²) >= 11 is 2.28. The molecule has 0 radical (unpaired) electrons. The minimum Gasteiger partial charge on any atom is -0.406 e. The van der Waals surface area contributed by atoms with Crippen LogP contribution < -0.4 is 4.84 Å². The Morgan fingerprint density at radius 3 is 2.23 bits per heavy atom. The van der Waals surface area contributed by atoms with E-state index in [1.165, 1.54) is 9.99 Å². The molecule has 0 aliphatic carbocycles. The van der Waals surface area contributed by atoms with Crippen molar-refractivity contribution < 1.29 is 4.84 Å². The van der Waals surface area contributed by atoms with E-state index in [9.17, 15) is 0 Å².